The Morgan fingerprint density at radius 2 is 2.25 bits per heavy atom. The number of hydrogen-bond donors (Lipinski definition) is 2. The van der Waals surface area contributed by atoms with Crippen molar-refractivity contribution < 1.29 is 9.90 Å². The number of halogens is 2. The van der Waals surface area contributed by atoms with Gasteiger partial charge in [-0.25, -0.2) is 4.98 Å². The van der Waals surface area contributed by atoms with Crippen molar-refractivity contribution in [3.05, 3.63) is 37.7 Å². The zero-order valence-electron chi connectivity index (χ0n) is 10.2. The molecule has 0 bridgehead atoms. The number of carboxylic acids is 1. The van der Waals surface area contributed by atoms with Crippen molar-refractivity contribution in [2.45, 2.75) is 18.8 Å². The van der Waals surface area contributed by atoms with Gasteiger partial charge >= 0.3 is 5.97 Å². The monoisotopic (exact) mass is 416 g/mol. The summed E-state index contributed by atoms with van der Waals surface area (Å²) in [5, 5.41) is 13.1. The van der Waals surface area contributed by atoms with Gasteiger partial charge in [0.1, 0.15) is 5.92 Å². The van der Waals surface area contributed by atoms with Gasteiger partial charge < -0.3 is 10.4 Å². The fraction of sp³-hybridized carbons (Fsp3) is 0.231. The Labute approximate surface area is 136 Å². The van der Waals surface area contributed by atoms with E-state index in [1.54, 1.807) is 0 Å². The average molecular weight is 418 g/mol. The number of nitrogens with zero attached hydrogens (tertiary/aromatic N) is 1. The number of hydrogen-bond acceptors (Lipinski definition) is 4. The first-order valence-electron chi connectivity index (χ1n) is 5.99. The molecule has 1 aromatic heterocycles. The summed E-state index contributed by atoms with van der Waals surface area (Å²) >= 11 is 8.42. The topological polar surface area (TPSA) is 62.2 Å². The van der Waals surface area contributed by atoms with Crippen molar-refractivity contribution >= 4 is 60.0 Å². The van der Waals surface area contributed by atoms with Crippen LogP contribution in [0.5, 0.6) is 0 Å². The van der Waals surface area contributed by atoms with E-state index in [0.29, 0.717) is 6.42 Å². The Balaban J connectivity index is 1.86. The number of benzene rings is 1. The second-order valence-electron chi connectivity index (χ2n) is 4.51. The molecule has 104 valence electrons. The number of thiazole rings is 1. The van der Waals surface area contributed by atoms with E-state index in [1.807, 2.05) is 18.2 Å². The molecule has 0 aliphatic heterocycles. The van der Waals surface area contributed by atoms with Crippen molar-refractivity contribution in [2.75, 3.05) is 5.32 Å². The molecule has 1 aliphatic carbocycles. The molecule has 0 radical (unpaired) electrons. The Bertz CT molecular complexity index is 687. The standard InChI is InChI=1S/C13H10Br2N2O2S/c14-6-1-3-9(8(15)5-6)16-13-17-11-7(12(18)19)2-4-10(11)20-13/h1,3,5,7H,2,4H2,(H,16,17)(H,18,19). The molecule has 0 fully saturated rings. The molecule has 2 aromatic rings. The quantitative estimate of drug-likeness (QED) is 0.770. The van der Waals surface area contributed by atoms with E-state index in [9.17, 15) is 4.79 Å². The highest BCUT2D eigenvalue weighted by molar-refractivity contribution is 9.11. The van der Waals surface area contributed by atoms with Gasteiger partial charge in [-0.2, -0.15) is 0 Å². The molecule has 3 rings (SSSR count). The molecule has 1 unspecified atom stereocenters. The van der Waals surface area contributed by atoms with Crippen LogP contribution in [0.15, 0.2) is 27.1 Å². The normalized spacial score (nSPS) is 17.0. The van der Waals surface area contributed by atoms with Crippen LogP contribution >= 0.6 is 43.2 Å². The van der Waals surface area contributed by atoms with E-state index < -0.39 is 11.9 Å². The summed E-state index contributed by atoms with van der Waals surface area (Å²) in [5.74, 6) is -1.24. The maximum absolute atomic E-state index is 11.2. The van der Waals surface area contributed by atoms with Crippen molar-refractivity contribution in [3.63, 3.8) is 0 Å². The van der Waals surface area contributed by atoms with Gasteiger partial charge in [-0.05, 0) is 47.0 Å². The summed E-state index contributed by atoms with van der Waals surface area (Å²) in [4.78, 5) is 16.7. The number of rotatable bonds is 3. The molecule has 0 saturated heterocycles. The molecule has 0 spiro atoms. The molecule has 4 nitrogen and oxygen atoms in total. The van der Waals surface area contributed by atoms with Gasteiger partial charge in [-0.3, -0.25) is 4.79 Å². The number of fused-ring (bicyclic) bond motifs is 1. The van der Waals surface area contributed by atoms with Gasteiger partial charge in [-0.15, -0.1) is 11.3 Å². The molecule has 7 heteroatoms. The highest BCUT2D eigenvalue weighted by atomic mass is 79.9. The second-order valence-corrected chi connectivity index (χ2v) is 7.36. The molecular weight excluding hydrogens is 408 g/mol. The Kier molecular flexibility index (Phi) is 3.83. The van der Waals surface area contributed by atoms with E-state index in [2.05, 4.69) is 42.2 Å². The fourth-order valence-corrected chi connectivity index (χ4v) is 4.42. The lowest BCUT2D eigenvalue weighted by molar-refractivity contribution is -0.138. The van der Waals surface area contributed by atoms with Crippen molar-refractivity contribution in [1.82, 2.24) is 4.98 Å². The molecule has 0 saturated carbocycles. The minimum Gasteiger partial charge on any atom is -0.481 e. The van der Waals surface area contributed by atoms with Crippen LogP contribution < -0.4 is 5.32 Å². The molecule has 0 amide bonds. The van der Waals surface area contributed by atoms with Crippen LogP contribution in [0.4, 0.5) is 10.8 Å². The number of aryl methyl sites for hydroxylation is 1. The van der Waals surface area contributed by atoms with E-state index in [-0.39, 0.29) is 0 Å². The molecule has 2 N–H and O–H groups in total. The molecule has 1 heterocycles. The number of anilines is 2. The Hall–Kier alpha value is -0.920. The second kappa shape index (κ2) is 5.46. The maximum atomic E-state index is 11.2. The summed E-state index contributed by atoms with van der Waals surface area (Å²) in [6, 6.07) is 5.83. The fourth-order valence-electron chi connectivity index (χ4n) is 2.23. The van der Waals surface area contributed by atoms with Gasteiger partial charge in [-0.1, -0.05) is 15.9 Å². The molecule has 1 aliphatic rings. The molecule has 1 atom stereocenters. The number of nitrogens with one attached hydrogen (secondary N) is 1. The third-order valence-electron chi connectivity index (χ3n) is 3.19. The van der Waals surface area contributed by atoms with Crippen LogP contribution in [-0.2, 0) is 11.2 Å². The van der Waals surface area contributed by atoms with Crippen LogP contribution in [0.2, 0.25) is 0 Å². The number of carboxylic acid groups (broad SMARTS) is 1. The molecule has 20 heavy (non-hydrogen) atoms. The van der Waals surface area contributed by atoms with Crippen LogP contribution in [0, 0.1) is 0 Å². The zero-order valence-corrected chi connectivity index (χ0v) is 14.2. The Morgan fingerprint density at radius 3 is 2.95 bits per heavy atom. The predicted molar refractivity (Wildman–Crippen MR) is 85.9 cm³/mol. The summed E-state index contributed by atoms with van der Waals surface area (Å²) in [6.45, 7) is 0. The van der Waals surface area contributed by atoms with Gasteiger partial charge in [0, 0.05) is 13.8 Å². The van der Waals surface area contributed by atoms with Crippen molar-refractivity contribution in [3.8, 4) is 0 Å². The van der Waals surface area contributed by atoms with Crippen LogP contribution in [0.3, 0.4) is 0 Å². The molecular formula is C13H10Br2N2O2S. The number of carbonyl (C=O) groups is 1. The highest BCUT2D eigenvalue weighted by Gasteiger charge is 2.32. The lowest BCUT2D eigenvalue weighted by Gasteiger charge is -2.06. The first-order valence-corrected chi connectivity index (χ1v) is 8.39. The van der Waals surface area contributed by atoms with Gasteiger partial charge in [0.2, 0.25) is 0 Å². The minimum absolute atomic E-state index is 0.454. The van der Waals surface area contributed by atoms with Crippen LogP contribution in [-0.4, -0.2) is 16.1 Å². The summed E-state index contributed by atoms with van der Waals surface area (Å²) in [7, 11) is 0. The lowest BCUT2D eigenvalue weighted by Crippen LogP contribution is -2.08. The van der Waals surface area contributed by atoms with Crippen molar-refractivity contribution in [2.24, 2.45) is 0 Å². The third-order valence-corrected chi connectivity index (χ3v) is 5.38. The smallest absolute Gasteiger partial charge is 0.312 e. The van der Waals surface area contributed by atoms with E-state index in [1.165, 1.54) is 11.3 Å². The Morgan fingerprint density at radius 1 is 1.45 bits per heavy atom. The summed E-state index contributed by atoms with van der Waals surface area (Å²) in [6.07, 6.45) is 1.46. The first-order chi connectivity index (χ1) is 9.54. The molecule has 1 aromatic carbocycles. The number of aliphatic carboxylic acids is 1. The van der Waals surface area contributed by atoms with Crippen LogP contribution in [0.1, 0.15) is 22.9 Å². The largest absolute Gasteiger partial charge is 0.481 e. The number of aromatic nitrogens is 1. The summed E-state index contributed by atoms with van der Waals surface area (Å²) < 4.78 is 1.92. The lowest BCUT2D eigenvalue weighted by atomic mass is 10.1. The van der Waals surface area contributed by atoms with E-state index in [0.717, 1.165) is 36.8 Å². The van der Waals surface area contributed by atoms with Gasteiger partial charge in [0.25, 0.3) is 0 Å². The third kappa shape index (κ3) is 2.62. The summed E-state index contributed by atoms with van der Waals surface area (Å²) in [5.41, 5.74) is 1.63. The highest BCUT2D eigenvalue weighted by Crippen LogP contribution is 2.40. The predicted octanol–water partition coefficient (Wildman–Crippen LogP) is 4.53. The van der Waals surface area contributed by atoms with Crippen molar-refractivity contribution in [1.29, 1.82) is 0 Å². The SMILES string of the molecule is O=C(O)C1CCc2sc(Nc3ccc(Br)cc3Br)nc21. The van der Waals surface area contributed by atoms with Crippen LogP contribution in [0.25, 0.3) is 0 Å². The maximum Gasteiger partial charge on any atom is 0.312 e. The minimum atomic E-state index is -0.787. The van der Waals surface area contributed by atoms with Gasteiger partial charge in [0.05, 0.1) is 11.4 Å². The first kappa shape index (κ1) is 14.0. The van der Waals surface area contributed by atoms with E-state index >= 15 is 0 Å². The zero-order chi connectivity index (χ0) is 14.3. The average Bonchev–Trinajstić information content (AvgIpc) is 2.91. The van der Waals surface area contributed by atoms with E-state index in [4.69, 9.17) is 5.11 Å². The van der Waals surface area contributed by atoms with Gasteiger partial charge in [0.15, 0.2) is 5.13 Å².